The average Bonchev–Trinajstić information content (AvgIpc) is 2.86. The third-order valence-electron chi connectivity index (χ3n) is 3.49. The molecule has 0 aliphatic heterocycles. The number of hydrogen-bond donors (Lipinski definition) is 2. The molecule has 1 amide bonds. The Balaban J connectivity index is 1.95. The standard InChI is InChI=1S/C15H19NO3S/c1-2-20-13-7-6-12(9-13)16-14(17)10-4-3-5-11(8-10)15(18)19/h3-5,8,12-13H,2,6-7,9H2,1H3,(H,16,17)(H,18,19). The van der Waals surface area contributed by atoms with Crippen LogP contribution in [0.2, 0.25) is 0 Å². The number of nitrogens with one attached hydrogen (secondary N) is 1. The molecule has 0 bridgehead atoms. The topological polar surface area (TPSA) is 66.4 Å². The lowest BCUT2D eigenvalue weighted by Crippen LogP contribution is -2.33. The summed E-state index contributed by atoms with van der Waals surface area (Å²) in [6.45, 7) is 2.15. The van der Waals surface area contributed by atoms with Gasteiger partial charge in [-0.05, 0) is 43.2 Å². The van der Waals surface area contributed by atoms with Crippen LogP contribution in [0.1, 0.15) is 46.9 Å². The van der Waals surface area contributed by atoms with E-state index in [1.807, 2.05) is 11.8 Å². The number of carboxylic acid groups (broad SMARTS) is 1. The second kappa shape index (κ2) is 6.79. The number of benzene rings is 1. The van der Waals surface area contributed by atoms with Crippen LogP contribution in [-0.4, -0.2) is 34.0 Å². The van der Waals surface area contributed by atoms with Crippen LogP contribution in [0.4, 0.5) is 0 Å². The first kappa shape index (κ1) is 14.9. The summed E-state index contributed by atoms with van der Waals surface area (Å²) in [5, 5.41) is 12.6. The van der Waals surface area contributed by atoms with Crippen LogP contribution in [0.15, 0.2) is 24.3 Å². The highest BCUT2D eigenvalue weighted by molar-refractivity contribution is 7.99. The Labute approximate surface area is 123 Å². The molecule has 2 N–H and O–H groups in total. The smallest absolute Gasteiger partial charge is 0.335 e. The number of hydrogen-bond acceptors (Lipinski definition) is 3. The summed E-state index contributed by atoms with van der Waals surface area (Å²) in [6, 6.07) is 6.37. The molecule has 1 aromatic carbocycles. The molecular formula is C15H19NO3S. The van der Waals surface area contributed by atoms with Gasteiger partial charge in [0.05, 0.1) is 5.56 Å². The van der Waals surface area contributed by atoms with Crippen LogP contribution in [0.5, 0.6) is 0 Å². The molecular weight excluding hydrogens is 274 g/mol. The van der Waals surface area contributed by atoms with Gasteiger partial charge in [-0.15, -0.1) is 0 Å². The van der Waals surface area contributed by atoms with Crippen LogP contribution in [-0.2, 0) is 0 Å². The van der Waals surface area contributed by atoms with Gasteiger partial charge in [0.25, 0.3) is 5.91 Å². The van der Waals surface area contributed by atoms with Crippen molar-refractivity contribution in [1.82, 2.24) is 5.32 Å². The van der Waals surface area contributed by atoms with Crippen molar-refractivity contribution < 1.29 is 14.7 Å². The minimum atomic E-state index is -1.01. The first-order valence-electron chi connectivity index (χ1n) is 6.86. The van der Waals surface area contributed by atoms with Crippen molar-refractivity contribution in [2.24, 2.45) is 0 Å². The zero-order valence-electron chi connectivity index (χ0n) is 11.5. The van der Waals surface area contributed by atoms with Gasteiger partial charge in [0.1, 0.15) is 0 Å². The second-order valence-corrected chi connectivity index (χ2v) is 6.52. The number of aromatic carboxylic acids is 1. The van der Waals surface area contributed by atoms with E-state index in [9.17, 15) is 9.59 Å². The van der Waals surface area contributed by atoms with Crippen LogP contribution >= 0.6 is 11.8 Å². The SMILES string of the molecule is CCSC1CCC(NC(=O)c2cccc(C(=O)O)c2)C1. The Morgan fingerprint density at radius 3 is 2.80 bits per heavy atom. The molecule has 108 valence electrons. The number of rotatable bonds is 5. The summed E-state index contributed by atoms with van der Waals surface area (Å²) in [6.07, 6.45) is 3.14. The lowest BCUT2D eigenvalue weighted by molar-refractivity contribution is 0.0697. The van der Waals surface area contributed by atoms with Gasteiger partial charge in [0.2, 0.25) is 0 Å². The summed E-state index contributed by atoms with van der Waals surface area (Å²) in [7, 11) is 0. The number of carbonyl (C=O) groups excluding carboxylic acids is 1. The maximum absolute atomic E-state index is 12.1. The molecule has 1 aromatic rings. The zero-order chi connectivity index (χ0) is 14.5. The summed E-state index contributed by atoms with van der Waals surface area (Å²) in [4.78, 5) is 23.0. The lowest BCUT2D eigenvalue weighted by Gasteiger charge is -2.13. The summed E-state index contributed by atoms with van der Waals surface area (Å²) in [5.41, 5.74) is 0.556. The largest absolute Gasteiger partial charge is 0.478 e. The molecule has 0 aromatic heterocycles. The Bertz CT molecular complexity index is 504. The Morgan fingerprint density at radius 2 is 2.10 bits per heavy atom. The number of amides is 1. The molecule has 0 heterocycles. The van der Waals surface area contributed by atoms with Crippen molar-refractivity contribution >= 4 is 23.6 Å². The fourth-order valence-electron chi connectivity index (χ4n) is 2.52. The summed E-state index contributed by atoms with van der Waals surface area (Å²) < 4.78 is 0. The lowest BCUT2D eigenvalue weighted by atomic mass is 10.1. The number of carbonyl (C=O) groups is 2. The minimum Gasteiger partial charge on any atom is -0.478 e. The molecule has 0 saturated heterocycles. The quantitative estimate of drug-likeness (QED) is 0.876. The maximum atomic E-state index is 12.1. The van der Waals surface area contributed by atoms with Crippen LogP contribution in [0, 0.1) is 0 Å². The van der Waals surface area contributed by atoms with Gasteiger partial charge in [0, 0.05) is 16.9 Å². The van der Waals surface area contributed by atoms with Crippen molar-refractivity contribution in [3.05, 3.63) is 35.4 Å². The van der Waals surface area contributed by atoms with Gasteiger partial charge in [-0.1, -0.05) is 13.0 Å². The van der Waals surface area contributed by atoms with E-state index in [-0.39, 0.29) is 17.5 Å². The van der Waals surface area contributed by atoms with E-state index in [0.717, 1.165) is 25.0 Å². The highest BCUT2D eigenvalue weighted by Crippen LogP contribution is 2.29. The highest BCUT2D eigenvalue weighted by Gasteiger charge is 2.26. The number of thioether (sulfide) groups is 1. The third kappa shape index (κ3) is 3.76. The van der Waals surface area contributed by atoms with Crippen LogP contribution in [0.3, 0.4) is 0 Å². The van der Waals surface area contributed by atoms with E-state index in [0.29, 0.717) is 10.8 Å². The predicted octanol–water partition coefficient (Wildman–Crippen LogP) is 2.79. The van der Waals surface area contributed by atoms with Crippen molar-refractivity contribution in [3.8, 4) is 0 Å². The molecule has 2 unspecified atom stereocenters. The molecule has 5 heteroatoms. The van der Waals surface area contributed by atoms with Gasteiger partial charge in [-0.3, -0.25) is 4.79 Å². The van der Waals surface area contributed by atoms with Gasteiger partial charge < -0.3 is 10.4 Å². The van der Waals surface area contributed by atoms with Crippen LogP contribution < -0.4 is 5.32 Å². The van der Waals surface area contributed by atoms with E-state index in [2.05, 4.69) is 12.2 Å². The molecule has 1 fully saturated rings. The van der Waals surface area contributed by atoms with Crippen molar-refractivity contribution in [3.63, 3.8) is 0 Å². The van der Waals surface area contributed by atoms with Gasteiger partial charge in [0.15, 0.2) is 0 Å². The van der Waals surface area contributed by atoms with Crippen molar-refractivity contribution in [1.29, 1.82) is 0 Å². The normalized spacial score (nSPS) is 21.6. The van der Waals surface area contributed by atoms with E-state index in [1.165, 1.54) is 12.1 Å². The molecule has 1 aliphatic carbocycles. The first-order chi connectivity index (χ1) is 9.60. The van der Waals surface area contributed by atoms with Crippen molar-refractivity contribution in [2.45, 2.75) is 37.5 Å². The molecule has 20 heavy (non-hydrogen) atoms. The Hall–Kier alpha value is -1.49. The first-order valence-corrected chi connectivity index (χ1v) is 7.91. The highest BCUT2D eigenvalue weighted by atomic mass is 32.2. The molecule has 1 saturated carbocycles. The monoisotopic (exact) mass is 293 g/mol. The summed E-state index contributed by atoms with van der Waals surface area (Å²) >= 11 is 1.94. The Kier molecular flexibility index (Phi) is 5.06. The van der Waals surface area contributed by atoms with Crippen LogP contribution in [0.25, 0.3) is 0 Å². The molecule has 4 nitrogen and oxygen atoms in total. The van der Waals surface area contributed by atoms with E-state index >= 15 is 0 Å². The second-order valence-electron chi connectivity index (χ2n) is 4.95. The zero-order valence-corrected chi connectivity index (χ0v) is 12.3. The maximum Gasteiger partial charge on any atom is 0.335 e. The molecule has 2 atom stereocenters. The van der Waals surface area contributed by atoms with E-state index in [4.69, 9.17) is 5.11 Å². The summed E-state index contributed by atoms with van der Waals surface area (Å²) in [5.74, 6) is -0.0911. The molecule has 1 aliphatic rings. The van der Waals surface area contributed by atoms with E-state index in [1.54, 1.807) is 12.1 Å². The van der Waals surface area contributed by atoms with Crippen molar-refractivity contribution in [2.75, 3.05) is 5.75 Å². The molecule has 2 rings (SSSR count). The van der Waals surface area contributed by atoms with Gasteiger partial charge in [-0.2, -0.15) is 11.8 Å². The Morgan fingerprint density at radius 1 is 1.35 bits per heavy atom. The van der Waals surface area contributed by atoms with Gasteiger partial charge in [-0.25, -0.2) is 4.79 Å². The number of carboxylic acids is 1. The fraction of sp³-hybridized carbons (Fsp3) is 0.467. The van der Waals surface area contributed by atoms with E-state index < -0.39 is 5.97 Å². The third-order valence-corrected chi connectivity index (χ3v) is 4.73. The van der Waals surface area contributed by atoms with Gasteiger partial charge >= 0.3 is 5.97 Å². The molecule has 0 radical (unpaired) electrons. The fourth-order valence-corrected chi connectivity index (χ4v) is 3.66. The molecule has 0 spiro atoms. The minimum absolute atomic E-state index is 0.142. The average molecular weight is 293 g/mol. The predicted molar refractivity (Wildman–Crippen MR) is 80.4 cm³/mol.